The first kappa shape index (κ1) is 16.7. The van der Waals surface area contributed by atoms with Crippen LogP contribution >= 0.6 is 45.2 Å². The highest BCUT2D eigenvalue weighted by atomic mass is 127. The predicted molar refractivity (Wildman–Crippen MR) is 106 cm³/mol. The van der Waals surface area contributed by atoms with Gasteiger partial charge in [-0.1, -0.05) is 6.58 Å². The third-order valence-electron chi connectivity index (χ3n) is 3.84. The van der Waals surface area contributed by atoms with Crippen LogP contribution in [0.4, 0.5) is 0 Å². The molecule has 0 atom stereocenters. The fourth-order valence-corrected chi connectivity index (χ4v) is 3.92. The van der Waals surface area contributed by atoms with E-state index in [1.807, 2.05) is 22.9 Å². The van der Waals surface area contributed by atoms with Gasteiger partial charge in [0.15, 0.2) is 0 Å². The minimum Gasteiger partial charge on any atom is -0.348 e. The Hall–Kier alpha value is -1.10. The number of rotatable bonds is 4. The van der Waals surface area contributed by atoms with Gasteiger partial charge < -0.3 is 14.8 Å². The van der Waals surface area contributed by atoms with Crippen molar-refractivity contribution in [2.45, 2.75) is 12.6 Å². The summed E-state index contributed by atoms with van der Waals surface area (Å²) in [5.74, 6) is -0.122. The van der Waals surface area contributed by atoms with Crippen LogP contribution in [0.15, 0.2) is 37.1 Å². The molecular weight excluding hydrogens is 520 g/mol. The molecule has 1 aromatic carbocycles. The van der Waals surface area contributed by atoms with Gasteiger partial charge >= 0.3 is 0 Å². The van der Waals surface area contributed by atoms with Gasteiger partial charge in [-0.2, -0.15) is 0 Å². The highest BCUT2D eigenvalue weighted by Gasteiger charge is 2.30. The maximum Gasteiger partial charge on any atom is 0.246 e. The molecule has 0 unspecified atom stereocenters. The van der Waals surface area contributed by atoms with E-state index in [0.29, 0.717) is 13.1 Å². The number of halogens is 2. The van der Waals surface area contributed by atoms with Crippen molar-refractivity contribution in [1.29, 1.82) is 0 Å². The number of carbonyl (C=O) groups excluding carboxylic acids is 2. The average Bonchev–Trinajstić information content (AvgIpc) is 2.77. The molecule has 5 nitrogen and oxygen atoms in total. The maximum absolute atomic E-state index is 12.2. The predicted octanol–water partition coefficient (Wildman–Crippen LogP) is 2.36. The van der Waals surface area contributed by atoms with E-state index in [-0.39, 0.29) is 24.4 Å². The Morgan fingerprint density at radius 2 is 2.09 bits per heavy atom. The van der Waals surface area contributed by atoms with E-state index in [1.54, 1.807) is 4.90 Å². The molecule has 3 rings (SSSR count). The van der Waals surface area contributed by atoms with Gasteiger partial charge in [-0.3, -0.25) is 9.59 Å². The monoisotopic (exact) mass is 535 g/mol. The molecule has 2 heterocycles. The van der Waals surface area contributed by atoms with Gasteiger partial charge in [-0.25, -0.2) is 0 Å². The Balaban J connectivity index is 1.63. The van der Waals surface area contributed by atoms with Gasteiger partial charge in [0, 0.05) is 37.3 Å². The van der Waals surface area contributed by atoms with Gasteiger partial charge in [0.25, 0.3) is 0 Å². The number of likely N-dealkylation sites (tertiary alicyclic amines) is 1. The van der Waals surface area contributed by atoms with Gasteiger partial charge in [0.1, 0.15) is 6.54 Å². The largest absolute Gasteiger partial charge is 0.348 e. The van der Waals surface area contributed by atoms with Crippen molar-refractivity contribution in [1.82, 2.24) is 14.8 Å². The minimum atomic E-state index is -0.0870. The third kappa shape index (κ3) is 3.54. The topological polar surface area (TPSA) is 54.3 Å². The van der Waals surface area contributed by atoms with E-state index in [0.717, 1.165) is 14.5 Å². The number of amides is 2. The fraction of sp³-hybridized carbons (Fsp3) is 0.250. The van der Waals surface area contributed by atoms with Crippen LogP contribution in [0, 0.1) is 7.14 Å². The Morgan fingerprint density at radius 1 is 1.35 bits per heavy atom. The molecule has 23 heavy (non-hydrogen) atoms. The maximum atomic E-state index is 12.2. The van der Waals surface area contributed by atoms with Crippen LogP contribution in [0.3, 0.4) is 0 Å². The minimum absolute atomic E-state index is 0.0347. The van der Waals surface area contributed by atoms with Gasteiger partial charge in [-0.15, -0.1) is 0 Å². The average molecular weight is 535 g/mol. The summed E-state index contributed by atoms with van der Waals surface area (Å²) < 4.78 is 4.28. The third-order valence-corrected chi connectivity index (χ3v) is 5.37. The zero-order valence-corrected chi connectivity index (χ0v) is 16.6. The Morgan fingerprint density at radius 3 is 2.78 bits per heavy atom. The lowest BCUT2D eigenvalue weighted by Gasteiger charge is -2.38. The van der Waals surface area contributed by atoms with Crippen LogP contribution in [0.25, 0.3) is 10.9 Å². The van der Waals surface area contributed by atoms with Crippen molar-refractivity contribution in [3.05, 3.63) is 44.2 Å². The molecule has 1 aliphatic heterocycles. The quantitative estimate of drug-likeness (QED) is 0.484. The normalized spacial score (nSPS) is 14.6. The summed E-state index contributed by atoms with van der Waals surface area (Å²) in [5.41, 5.74) is 1.06. The van der Waals surface area contributed by atoms with E-state index >= 15 is 0 Å². The molecule has 1 N–H and O–H groups in total. The molecule has 0 spiro atoms. The molecule has 1 fully saturated rings. The lowest BCUT2D eigenvalue weighted by Crippen LogP contribution is -2.61. The second kappa shape index (κ2) is 6.80. The smallest absolute Gasteiger partial charge is 0.246 e. The second-order valence-corrected chi connectivity index (χ2v) is 7.89. The molecule has 1 aliphatic rings. The van der Waals surface area contributed by atoms with Crippen molar-refractivity contribution < 1.29 is 9.59 Å². The molecule has 0 aliphatic carbocycles. The number of fused-ring (bicyclic) bond motifs is 1. The lowest BCUT2D eigenvalue weighted by molar-refractivity contribution is -0.133. The summed E-state index contributed by atoms with van der Waals surface area (Å²) in [6.07, 6.45) is 3.29. The molecule has 0 radical (unpaired) electrons. The zero-order chi connectivity index (χ0) is 16.6. The molecule has 0 bridgehead atoms. The standard InChI is InChI=1S/C16H15I2N3O2/c1-2-16(23)21-6-11(7-21)19-15(22)9-20-8-13(18)12-5-10(17)3-4-14(12)20/h2-5,8,11H,1,6-7,9H2,(H,19,22). The molecule has 7 heteroatoms. The summed E-state index contributed by atoms with van der Waals surface area (Å²) in [6.45, 7) is 4.85. The summed E-state index contributed by atoms with van der Waals surface area (Å²) in [4.78, 5) is 25.3. The molecule has 120 valence electrons. The second-order valence-electron chi connectivity index (χ2n) is 5.48. The van der Waals surface area contributed by atoms with Crippen LogP contribution in [0.1, 0.15) is 0 Å². The first-order valence-corrected chi connectivity index (χ1v) is 9.28. The Labute approximate surface area is 161 Å². The highest BCUT2D eigenvalue weighted by molar-refractivity contribution is 14.1. The number of benzene rings is 1. The number of aromatic nitrogens is 1. The van der Waals surface area contributed by atoms with E-state index in [2.05, 4.69) is 63.1 Å². The molecule has 0 saturated carbocycles. The SMILES string of the molecule is C=CC(=O)N1CC(NC(=O)Cn2cc(I)c3cc(I)ccc32)C1. The van der Waals surface area contributed by atoms with Crippen LogP contribution in [0.5, 0.6) is 0 Å². The first-order valence-electron chi connectivity index (χ1n) is 7.12. The van der Waals surface area contributed by atoms with Crippen molar-refractivity contribution in [3.63, 3.8) is 0 Å². The Kier molecular flexibility index (Phi) is 4.95. The van der Waals surface area contributed by atoms with Crippen LogP contribution in [0.2, 0.25) is 0 Å². The van der Waals surface area contributed by atoms with Crippen LogP contribution < -0.4 is 5.32 Å². The zero-order valence-electron chi connectivity index (χ0n) is 12.3. The molecule has 2 amide bonds. The van der Waals surface area contributed by atoms with Crippen LogP contribution in [-0.2, 0) is 16.1 Å². The number of nitrogens with zero attached hydrogens (tertiary/aromatic N) is 2. The van der Waals surface area contributed by atoms with Crippen molar-refractivity contribution >= 4 is 67.9 Å². The summed E-state index contributed by atoms with van der Waals surface area (Å²) in [6, 6.07) is 6.24. The molecule has 1 aromatic heterocycles. The van der Waals surface area contributed by atoms with E-state index in [9.17, 15) is 9.59 Å². The summed E-state index contributed by atoms with van der Waals surface area (Å²) in [5, 5.41) is 4.13. The van der Waals surface area contributed by atoms with Crippen molar-refractivity contribution in [3.8, 4) is 0 Å². The molecular formula is C16H15I2N3O2. The Bertz CT molecular complexity index is 794. The number of nitrogens with one attached hydrogen (secondary N) is 1. The van der Waals surface area contributed by atoms with E-state index in [1.165, 1.54) is 9.65 Å². The van der Waals surface area contributed by atoms with Gasteiger partial charge in [-0.05, 0) is 69.5 Å². The van der Waals surface area contributed by atoms with Crippen molar-refractivity contribution in [2.75, 3.05) is 13.1 Å². The van der Waals surface area contributed by atoms with Gasteiger partial charge in [0.05, 0.1) is 6.04 Å². The highest BCUT2D eigenvalue weighted by Crippen LogP contribution is 2.25. The molecule has 1 saturated heterocycles. The summed E-state index contributed by atoms with van der Waals surface area (Å²) in [7, 11) is 0. The number of hydrogen-bond donors (Lipinski definition) is 1. The van der Waals surface area contributed by atoms with E-state index in [4.69, 9.17) is 0 Å². The van der Waals surface area contributed by atoms with Gasteiger partial charge in [0.2, 0.25) is 11.8 Å². The van der Waals surface area contributed by atoms with Crippen molar-refractivity contribution in [2.24, 2.45) is 0 Å². The molecule has 2 aromatic rings. The fourth-order valence-electron chi connectivity index (χ4n) is 2.66. The van der Waals surface area contributed by atoms with Crippen LogP contribution in [-0.4, -0.2) is 40.4 Å². The number of carbonyl (C=O) groups is 2. The lowest BCUT2D eigenvalue weighted by atomic mass is 10.1. The number of hydrogen-bond acceptors (Lipinski definition) is 2. The first-order chi connectivity index (χ1) is 11.0. The van der Waals surface area contributed by atoms with E-state index < -0.39 is 0 Å². The summed E-state index contributed by atoms with van der Waals surface area (Å²) >= 11 is 4.58.